The molecule has 0 aromatic heterocycles. The predicted molar refractivity (Wildman–Crippen MR) is 307 cm³/mol. The maximum atomic E-state index is 7.37. The highest BCUT2D eigenvalue weighted by Crippen LogP contribution is 2.40. The third-order valence-electron chi connectivity index (χ3n) is 14.0. The zero-order chi connectivity index (χ0) is 53.7. The lowest BCUT2D eigenvalue weighted by atomic mass is 9.97. The number of thioether (sulfide) groups is 1. The van der Waals surface area contributed by atoms with Crippen LogP contribution in [0, 0.1) is 6.92 Å². The molecule has 8 aromatic rings. The quantitative estimate of drug-likeness (QED) is 0.0493. The number of benzene rings is 8. The van der Waals surface area contributed by atoms with Crippen LogP contribution in [0.4, 0.5) is 0 Å². The van der Waals surface area contributed by atoms with Crippen LogP contribution < -0.4 is 0 Å². The normalized spacial score (nSPS) is 23.1. The van der Waals surface area contributed by atoms with Crippen LogP contribution in [0.3, 0.4) is 0 Å². The summed E-state index contributed by atoms with van der Waals surface area (Å²) in [5.74, 6) is 0. The SMILES string of the molecule is Cc1ccc(S[C@@H]2O[C@H](CO[C@@H]3O[C@H](COCc4ccccc4)[C@@H](OCc4ccccc4)[C@H](OCc4ccccc4)[C@H]3OCc3ccccc3)[C@@H](OCc3ccccc3)[C@H](OCc3ccccc3)[C@H]2OCc2ccccc2)cc1. The molecule has 0 unspecified atom stereocenters. The minimum absolute atomic E-state index is 0.0232. The van der Waals surface area contributed by atoms with Gasteiger partial charge in [0.2, 0.25) is 0 Å². The van der Waals surface area contributed by atoms with E-state index in [9.17, 15) is 0 Å². The average Bonchev–Trinajstić information content (AvgIpc) is 3.55. The van der Waals surface area contributed by atoms with E-state index in [1.807, 2.05) is 140 Å². The molecular weight excluding hydrogens is 1010 g/mol. The Labute approximate surface area is 469 Å². The lowest BCUT2D eigenvalue weighted by molar-refractivity contribution is -0.337. The van der Waals surface area contributed by atoms with Crippen molar-refractivity contribution < 1.29 is 47.4 Å². The topological polar surface area (TPSA) is 92.3 Å². The van der Waals surface area contributed by atoms with Crippen LogP contribution in [0.15, 0.2) is 241 Å². The van der Waals surface area contributed by atoms with Crippen molar-refractivity contribution in [2.75, 3.05) is 13.2 Å². The Kier molecular flexibility index (Phi) is 21.1. The van der Waals surface area contributed by atoms with Crippen molar-refractivity contribution in [1.29, 1.82) is 0 Å². The number of aryl methyl sites for hydroxylation is 1. The number of ether oxygens (including phenoxy) is 10. The Morgan fingerprint density at radius 3 is 1.01 bits per heavy atom. The summed E-state index contributed by atoms with van der Waals surface area (Å²) in [5, 5.41) is 0. The highest BCUT2D eigenvalue weighted by Gasteiger charge is 2.52. The van der Waals surface area contributed by atoms with Gasteiger partial charge in [-0.05, 0) is 58.0 Å². The van der Waals surface area contributed by atoms with Gasteiger partial charge in [0.25, 0.3) is 0 Å². The summed E-state index contributed by atoms with van der Waals surface area (Å²) >= 11 is 1.60. The summed E-state index contributed by atoms with van der Waals surface area (Å²) in [5.41, 5.74) is 7.70. The van der Waals surface area contributed by atoms with E-state index in [1.165, 1.54) is 0 Å². The van der Waals surface area contributed by atoms with E-state index in [2.05, 4.69) is 104 Å². The molecule has 11 heteroatoms. The van der Waals surface area contributed by atoms with E-state index in [4.69, 9.17) is 47.4 Å². The van der Waals surface area contributed by atoms with Crippen LogP contribution in [0.2, 0.25) is 0 Å². The molecule has 2 saturated heterocycles. The fourth-order valence-corrected chi connectivity index (χ4v) is 10.9. The molecule has 2 aliphatic heterocycles. The van der Waals surface area contributed by atoms with Crippen LogP contribution >= 0.6 is 11.8 Å². The number of hydrogen-bond acceptors (Lipinski definition) is 11. The Hall–Kier alpha value is -6.29. The van der Waals surface area contributed by atoms with Crippen molar-refractivity contribution in [3.8, 4) is 0 Å². The van der Waals surface area contributed by atoms with Crippen LogP contribution in [0.25, 0.3) is 0 Å². The molecule has 2 fully saturated rings. The lowest BCUT2D eigenvalue weighted by Gasteiger charge is -2.48. The monoisotopic (exact) mass is 1080 g/mol. The molecule has 0 radical (unpaired) electrons. The Bertz CT molecular complexity index is 2930. The van der Waals surface area contributed by atoms with E-state index < -0.39 is 60.6 Å². The zero-order valence-corrected chi connectivity index (χ0v) is 45.5. The molecule has 10 rings (SSSR count). The summed E-state index contributed by atoms with van der Waals surface area (Å²) in [6.07, 6.45) is -6.42. The Balaban J connectivity index is 1.02. The van der Waals surface area contributed by atoms with Crippen LogP contribution in [-0.2, 0) is 93.6 Å². The van der Waals surface area contributed by atoms with Gasteiger partial charge in [-0.3, -0.25) is 0 Å². The minimum atomic E-state index is -0.997. The molecule has 0 N–H and O–H groups in total. The molecule has 10 nitrogen and oxygen atoms in total. The minimum Gasteiger partial charge on any atom is -0.374 e. The molecule has 2 aliphatic rings. The largest absolute Gasteiger partial charge is 0.374 e. The molecule has 8 aromatic carbocycles. The van der Waals surface area contributed by atoms with Gasteiger partial charge < -0.3 is 47.4 Å². The fraction of sp³-hybridized carbons (Fsp3) is 0.294. The van der Waals surface area contributed by atoms with Gasteiger partial charge >= 0.3 is 0 Å². The average molecular weight is 1080 g/mol. The van der Waals surface area contributed by atoms with Gasteiger partial charge in [-0.1, -0.05) is 242 Å². The first-order chi connectivity index (χ1) is 39.1. The second kappa shape index (κ2) is 29.8. The Morgan fingerprint density at radius 1 is 0.304 bits per heavy atom. The second-order valence-electron chi connectivity index (χ2n) is 19.9. The van der Waals surface area contributed by atoms with Gasteiger partial charge in [0.05, 0.1) is 59.5 Å². The zero-order valence-electron chi connectivity index (χ0n) is 44.6. The number of rotatable bonds is 27. The Morgan fingerprint density at radius 2 is 0.620 bits per heavy atom. The van der Waals surface area contributed by atoms with E-state index >= 15 is 0 Å². The first kappa shape index (κ1) is 56.0. The third-order valence-corrected chi connectivity index (χ3v) is 15.1. The first-order valence-corrected chi connectivity index (χ1v) is 28.2. The van der Waals surface area contributed by atoms with E-state index in [1.54, 1.807) is 11.8 Å². The lowest BCUT2D eigenvalue weighted by Crippen LogP contribution is -2.63. The molecule has 0 aliphatic carbocycles. The van der Waals surface area contributed by atoms with Gasteiger partial charge in [-0.15, -0.1) is 0 Å². The smallest absolute Gasteiger partial charge is 0.187 e. The molecule has 2 heterocycles. The first-order valence-electron chi connectivity index (χ1n) is 27.3. The summed E-state index contributed by atoms with van der Waals surface area (Å²) in [4.78, 5) is 1.03. The van der Waals surface area contributed by atoms with E-state index in [-0.39, 0.29) is 33.0 Å². The summed E-state index contributed by atoms with van der Waals surface area (Å²) < 4.78 is 70.8. The van der Waals surface area contributed by atoms with Crippen LogP contribution in [-0.4, -0.2) is 73.8 Å². The molecule has 0 amide bonds. The summed E-state index contributed by atoms with van der Waals surface area (Å²) in [6.45, 7) is 4.45. The fourth-order valence-electron chi connectivity index (χ4n) is 9.80. The van der Waals surface area contributed by atoms with Crippen molar-refractivity contribution in [1.82, 2.24) is 0 Å². The van der Waals surface area contributed by atoms with Crippen molar-refractivity contribution in [3.05, 3.63) is 281 Å². The molecule has 408 valence electrons. The van der Waals surface area contributed by atoms with Crippen LogP contribution in [0.5, 0.6) is 0 Å². The summed E-state index contributed by atoms with van der Waals surface area (Å²) in [6, 6.07) is 79.5. The second-order valence-corrected chi connectivity index (χ2v) is 21.1. The van der Waals surface area contributed by atoms with Crippen molar-refractivity contribution >= 4 is 11.8 Å². The van der Waals surface area contributed by atoms with E-state index in [0.29, 0.717) is 26.4 Å². The standard InChI is InChI=1S/C68H70O10S/c1-50-37-39-58(40-38-50)79-68-66(75-47-57-35-21-8-22-36-57)64(73-45-55-31-17-6-18-32-55)62(71-43-53-27-13-4-14-28-53)60(78-68)49-76-67-65(74-46-56-33-19-7-20-34-56)63(72-44-54-29-15-5-16-30-54)61(70-42-52-25-11-3-12-26-52)59(77-67)48-69-41-51-23-9-2-10-24-51/h2-40,59-68H,41-49H2,1H3/t59-,60-,61-,62-,63+,64+,65-,66-,67-,68+/m1/s1. The van der Waals surface area contributed by atoms with Gasteiger partial charge in [0.1, 0.15) is 54.3 Å². The van der Waals surface area contributed by atoms with Gasteiger partial charge in [0, 0.05) is 4.90 Å². The molecule has 0 saturated carbocycles. The third kappa shape index (κ3) is 16.6. The van der Waals surface area contributed by atoms with Gasteiger partial charge in [-0.25, -0.2) is 0 Å². The van der Waals surface area contributed by atoms with Crippen molar-refractivity contribution in [3.63, 3.8) is 0 Å². The van der Waals surface area contributed by atoms with Gasteiger partial charge in [-0.2, -0.15) is 0 Å². The number of hydrogen-bond donors (Lipinski definition) is 0. The molecular formula is C68H70O10S. The highest BCUT2D eigenvalue weighted by atomic mass is 32.2. The van der Waals surface area contributed by atoms with Crippen molar-refractivity contribution in [2.24, 2.45) is 0 Å². The van der Waals surface area contributed by atoms with E-state index in [0.717, 1.165) is 49.4 Å². The predicted octanol–water partition coefficient (Wildman–Crippen LogP) is 13.3. The summed E-state index contributed by atoms with van der Waals surface area (Å²) in [7, 11) is 0. The van der Waals surface area contributed by atoms with Crippen molar-refractivity contribution in [2.45, 2.75) is 119 Å². The molecule has 0 spiro atoms. The molecule has 10 atom stereocenters. The van der Waals surface area contributed by atoms with Crippen LogP contribution in [0.1, 0.15) is 44.5 Å². The molecule has 0 bridgehead atoms. The maximum Gasteiger partial charge on any atom is 0.187 e. The van der Waals surface area contributed by atoms with Gasteiger partial charge in [0.15, 0.2) is 6.29 Å². The highest BCUT2D eigenvalue weighted by molar-refractivity contribution is 7.99. The maximum absolute atomic E-state index is 7.37. The molecule has 79 heavy (non-hydrogen) atoms.